The summed E-state index contributed by atoms with van der Waals surface area (Å²) in [5, 5.41) is 1.73. The Bertz CT molecular complexity index is 664. The van der Waals surface area contributed by atoms with Crippen LogP contribution >= 0.6 is 11.8 Å². The van der Waals surface area contributed by atoms with Gasteiger partial charge in [-0.3, -0.25) is 14.9 Å². The molecule has 1 saturated carbocycles. The van der Waals surface area contributed by atoms with Crippen molar-refractivity contribution in [3.8, 4) is 5.75 Å². The van der Waals surface area contributed by atoms with Crippen LogP contribution in [0.1, 0.15) is 45.1 Å². The molecule has 0 spiro atoms. The van der Waals surface area contributed by atoms with Gasteiger partial charge in [0.25, 0.3) is 5.24 Å². The van der Waals surface area contributed by atoms with Crippen LogP contribution in [-0.4, -0.2) is 49.9 Å². The number of ether oxygens (including phenoxy) is 3. The van der Waals surface area contributed by atoms with Gasteiger partial charge in [-0.15, -0.1) is 0 Å². The molecule has 162 valence electrons. The molecule has 1 aromatic carbocycles. The lowest BCUT2D eigenvalue weighted by Gasteiger charge is -2.37. The van der Waals surface area contributed by atoms with E-state index in [9.17, 15) is 9.59 Å². The van der Waals surface area contributed by atoms with Gasteiger partial charge in [0.1, 0.15) is 5.75 Å². The first-order chi connectivity index (χ1) is 13.9. The van der Waals surface area contributed by atoms with Crippen molar-refractivity contribution in [2.75, 3.05) is 27.4 Å². The summed E-state index contributed by atoms with van der Waals surface area (Å²) in [6.45, 7) is 5.72. The molecule has 1 aliphatic heterocycles. The maximum absolute atomic E-state index is 11.6. The van der Waals surface area contributed by atoms with Gasteiger partial charge in [0, 0.05) is 26.2 Å². The molecule has 29 heavy (non-hydrogen) atoms. The smallest absolute Gasteiger partial charge is 0.286 e. The Balaban J connectivity index is 0.000000687. The van der Waals surface area contributed by atoms with E-state index in [1.165, 1.54) is 6.42 Å². The summed E-state index contributed by atoms with van der Waals surface area (Å²) in [5.74, 6) is 0.636. The molecule has 0 aromatic heterocycles. The number of amides is 2. The largest absolute Gasteiger partial charge is 0.493 e. The van der Waals surface area contributed by atoms with E-state index < -0.39 is 0 Å². The van der Waals surface area contributed by atoms with Crippen molar-refractivity contribution in [3.63, 3.8) is 0 Å². The van der Waals surface area contributed by atoms with Crippen LogP contribution in [0.15, 0.2) is 24.3 Å². The van der Waals surface area contributed by atoms with E-state index in [0.717, 1.165) is 48.9 Å². The molecular formula is C22H33NO5S. The standard InChI is InChI=1S/C19H25NO4S.C3H8O/c1-19(9-3-4-15(11-19)23-2)12-24-14-7-5-13(6-8-14)10-16-17(21)20-18(22)25-16;1-3-4-2/h5-8,15-16H,3-4,9-12H2,1-2H3,(H,20,21,22);3H2,1-2H3. The highest BCUT2D eigenvalue weighted by atomic mass is 32.2. The molecule has 1 saturated heterocycles. The van der Waals surface area contributed by atoms with Gasteiger partial charge in [-0.25, -0.2) is 0 Å². The normalized spacial score (nSPS) is 26.5. The van der Waals surface area contributed by atoms with Crippen molar-refractivity contribution >= 4 is 22.9 Å². The van der Waals surface area contributed by atoms with Gasteiger partial charge in [0.15, 0.2) is 0 Å². The topological polar surface area (TPSA) is 73.9 Å². The number of imide groups is 1. The summed E-state index contributed by atoms with van der Waals surface area (Å²) in [6, 6.07) is 7.81. The van der Waals surface area contributed by atoms with E-state index in [2.05, 4.69) is 17.0 Å². The zero-order valence-electron chi connectivity index (χ0n) is 17.9. The minimum atomic E-state index is -0.327. The number of carbonyl (C=O) groups is 2. The second kappa shape index (κ2) is 11.6. The first kappa shape index (κ1) is 23.7. The lowest BCUT2D eigenvalue weighted by molar-refractivity contribution is -0.118. The highest BCUT2D eigenvalue weighted by Crippen LogP contribution is 2.37. The van der Waals surface area contributed by atoms with Gasteiger partial charge in [-0.05, 0) is 50.3 Å². The number of rotatable bonds is 7. The summed E-state index contributed by atoms with van der Waals surface area (Å²) in [6.07, 6.45) is 5.39. The quantitative estimate of drug-likeness (QED) is 0.708. The maximum Gasteiger partial charge on any atom is 0.286 e. The van der Waals surface area contributed by atoms with Crippen molar-refractivity contribution < 1.29 is 23.8 Å². The Morgan fingerprint density at radius 1 is 1.21 bits per heavy atom. The Morgan fingerprint density at radius 3 is 2.45 bits per heavy atom. The molecule has 3 unspecified atom stereocenters. The molecule has 0 bridgehead atoms. The van der Waals surface area contributed by atoms with E-state index in [4.69, 9.17) is 9.47 Å². The number of hydrogen-bond acceptors (Lipinski definition) is 6. The van der Waals surface area contributed by atoms with E-state index >= 15 is 0 Å². The summed E-state index contributed by atoms with van der Waals surface area (Å²) in [5.41, 5.74) is 1.18. The lowest BCUT2D eigenvalue weighted by Crippen LogP contribution is -2.34. The minimum Gasteiger partial charge on any atom is -0.493 e. The number of thioether (sulfide) groups is 1. The summed E-state index contributed by atoms with van der Waals surface area (Å²) < 4.78 is 16.1. The predicted octanol–water partition coefficient (Wildman–Crippen LogP) is 4.21. The average molecular weight is 424 g/mol. The first-order valence-corrected chi connectivity index (χ1v) is 11.0. The third-order valence-corrected chi connectivity index (χ3v) is 6.33. The minimum absolute atomic E-state index is 0.149. The van der Waals surface area contributed by atoms with Crippen LogP contribution in [0.4, 0.5) is 4.79 Å². The van der Waals surface area contributed by atoms with Crippen molar-refractivity contribution in [2.24, 2.45) is 5.41 Å². The third kappa shape index (κ3) is 7.64. The van der Waals surface area contributed by atoms with Gasteiger partial charge in [0.2, 0.25) is 5.91 Å². The van der Waals surface area contributed by atoms with Crippen LogP contribution < -0.4 is 10.1 Å². The Labute approximate surface area is 178 Å². The van der Waals surface area contributed by atoms with Crippen molar-refractivity contribution in [1.29, 1.82) is 0 Å². The van der Waals surface area contributed by atoms with Gasteiger partial charge in [-0.1, -0.05) is 37.2 Å². The van der Waals surface area contributed by atoms with Crippen molar-refractivity contribution in [2.45, 2.75) is 57.3 Å². The number of nitrogens with one attached hydrogen (secondary N) is 1. The molecule has 3 rings (SSSR count). The third-order valence-electron chi connectivity index (χ3n) is 5.35. The van der Waals surface area contributed by atoms with Crippen LogP contribution in [0.25, 0.3) is 0 Å². The molecule has 2 aliphatic rings. The van der Waals surface area contributed by atoms with Gasteiger partial charge >= 0.3 is 0 Å². The number of hydrogen-bond donors (Lipinski definition) is 1. The fourth-order valence-electron chi connectivity index (χ4n) is 3.56. The number of methoxy groups -OCH3 is 2. The molecule has 1 aromatic rings. The highest BCUT2D eigenvalue weighted by Gasteiger charge is 2.33. The number of carbonyl (C=O) groups excluding carboxylic acids is 2. The lowest BCUT2D eigenvalue weighted by atomic mass is 9.75. The van der Waals surface area contributed by atoms with Gasteiger partial charge in [-0.2, -0.15) is 0 Å². The van der Waals surface area contributed by atoms with E-state index in [0.29, 0.717) is 19.1 Å². The summed E-state index contributed by atoms with van der Waals surface area (Å²) in [4.78, 5) is 22.9. The summed E-state index contributed by atoms with van der Waals surface area (Å²) in [7, 11) is 3.46. The maximum atomic E-state index is 11.6. The van der Waals surface area contributed by atoms with Crippen LogP contribution in [-0.2, 0) is 20.7 Å². The molecule has 2 amide bonds. The zero-order chi connectivity index (χ0) is 21.3. The molecule has 1 N–H and O–H groups in total. The van der Waals surface area contributed by atoms with Crippen molar-refractivity contribution in [3.05, 3.63) is 29.8 Å². The van der Waals surface area contributed by atoms with Crippen LogP contribution in [0.2, 0.25) is 0 Å². The molecule has 1 aliphatic carbocycles. The Morgan fingerprint density at radius 2 is 1.90 bits per heavy atom. The number of benzene rings is 1. The molecule has 3 atom stereocenters. The van der Waals surface area contributed by atoms with Crippen molar-refractivity contribution in [1.82, 2.24) is 5.32 Å². The van der Waals surface area contributed by atoms with Crippen LogP contribution in [0.5, 0.6) is 5.75 Å². The molecular weight excluding hydrogens is 390 g/mol. The second-order valence-electron chi connectivity index (χ2n) is 7.86. The fraction of sp³-hybridized carbons (Fsp3) is 0.636. The van der Waals surface area contributed by atoms with Gasteiger partial charge < -0.3 is 14.2 Å². The zero-order valence-corrected chi connectivity index (χ0v) is 18.7. The fourth-order valence-corrected chi connectivity index (χ4v) is 4.42. The Hall–Kier alpha value is -1.57. The van der Waals surface area contributed by atoms with E-state index in [1.807, 2.05) is 31.2 Å². The monoisotopic (exact) mass is 423 g/mol. The molecule has 6 nitrogen and oxygen atoms in total. The highest BCUT2D eigenvalue weighted by molar-refractivity contribution is 8.15. The van der Waals surface area contributed by atoms with Gasteiger partial charge in [0.05, 0.1) is 18.0 Å². The molecule has 0 radical (unpaired) electrons. The first-order valence-electron chi connectivity index (χ1n) is 10.1. The second-order valence-corrected chi connectivity index (χ2v) is 9.04. The molecule has 7 heteroatoms. The summed E-state index contributed by atoms with van der Waals surface area (Å²) >= 11 is 1.06. The van der Waals surface area contributed by atoms with E-state index in [1.54, 1.807) is 14.2 Å². The average Bonchev–Trinajstić information content (AvgIpc) is 3.04. The van der Waals surface area contributed by atoms with Crippen LogP contribution in [0.3, 0.4) is 0 Å². The SMILES string of the molecule is CCOC.COC1CCCC(C)(COc2ccc(CC3SC(=O)NC3=O)cc2)C1. The molecule has 1 heterocycles. The predicted molar refractivity (Wildman–Crippen MR) is 115 cm³/mol. The van der Waals surface area contributed by atoms with E-state index in [-0.39, 0.29) is 21.8 Å². The van der Waals surface area contributed by atoms with Crippen LogP contribution in [0, 0.1) is 5.41 Å². The molecule has 2 fully saturated rings. The Kier molecular flexibility index (Phi) is 9.46.